The molecule has 0 fully saturated rings. The van der Waals surface area contributed by atoms with E-state index in [1.54, 1.807) is 27.6 Å². The number of carbonyl (C=O) groups is 2. The standard InChI is InChI=1S/C23H21BN4O3S2/c1-31-23(30)27-20(13-6-3-2-4-7-13)22(29)28-9-5-8-15(28)21-25-12-14(26-21)16-10-17-18(32-16)11-19(24)33-17/h2-8,10-12,15,20H,9,24H2,1H3,(H,25,26)(H,27,30)/t15-,20?/m0/s1. The van der Waals surface area contributed by atoms with Gasteiger partial charge in [0.2, 0.25) is 0 Å². The molecule has 1 aliphatic rings. The van der Waals surface area contributed by atoms with E-state index in [0.717, 1.165) is 10.6 Å². The van der Waals surface area contributed by atoms with Crippen molar-refractivity contribution in [2.45, 2.75) is 12.1 Å². The molecular weight excluding hydrogens is 455 g/mol. The quantitative estimate of drug-likeness (QED) is 0.342. The second kappa shape index (κ2) is 8.88. The molecule has 0 radical (unpaired) electrons. The predicted molar refractivity (Wildman–Crippen MR) is 134 cm³/mol. The Bertz CT molecular complexity index is 1310. The number of carbonyl (C=O) groups excluding carboxylic acids is 2. The molecule has 3 aromatic heterocycles. The number of aromatic nitrogens is 2. The number of aromatic amines is 1. The molecule has 166 valence electrons. The van der Waals surface area contributed by atoms with Crippen LogP contribution in [-0.2, 0) is 9.53 Å². The van der Waals surface area contributed by atoms with Crippen LogP contribution in [0.25, 0.3) is 20.0 Å². The summed E-state index contributed by atoms with van der Waals surface area (Å²) < 4.78 is 8.56. The van der Waals surface area contributed by atoms with Crippen molar-refractivity contribution in [3.63, 3.8) is 0 Å². The Kier molecular flexibility index (Phi) is 5.78. The third-order valence-electron chi connectivity index (χ3n) is 5.53. The zero-order valence-corrected chi connectivity index (χ0v) is 19.7. The van der Waals surface area contributed by atoms with Crippen LogP contribution in [0.5, 0.6) is 0 Å². The smallest absolute Gasteiger partial charge is 0.407 e. The number of H-pyrrole nitrogens is 1. The Balaban J connectivity index is 1.41. The average molecular weight is 476 g/mol. The molecule has 4 heterocycles. The number of nitrogens with one attached hydrogen (secondary N) is 2. The number of nitrogens with zero attached hydrogens (tertiary/aromatic N) is 2. The summed E-state index contributed by atoms with van der Waals surface area (Å²) in [5.41, 5.74) is 1.55. The van der Waals surface area contributed by atoms with Gasteiger partial charge in [0.05, 0.1) is 17.7 Å². The first-order valence-electron chi connectivity index (χ1n) is 10.5. The predicted octanol–water partition coefficient (Wildman–Crippen LogP) is 3.15. The van der Waals surface area contributed by atoms with E-state index in [0.29, 0.717) is 17.9 Å². The summed E-state index contributed by atoms with van der Waals surface area (Å²) in [6, 6.07) is 12.3. The van der Waals surface area contributed by atoms with Crippen molar-refractivity contribution in [2.24, 2.45) is 0 Å². The molecule has 0 bridgehead atoms. The highest BCUT2D eigenvalue weighted by atomic mass is 32.1. The fourth-order valence-corrected chi connectivity index (χ4v) is 6.24. The molecule has 33 heavy (non-hydrogen) atoms. The van der Waals surface area contributed by atoms with Crippen molar-refractivity contribution in [1.29, 1.82) is 0 Å². The number of methoxy groups -OCH3 is 1. The third-order valence-corrected chi connectivity index (χ3v) is 7.76. The van der Waals surface area contributed by atoms with Crippen LogP contribution in [0.15, 0.2) is 60.8 Å². The van der Waals surface area contributed by atoms with Gasteiger partial charge in [-0.25, -0.2) is 9.78 Å². The lowest BCUT2D eigenvalue weighted by atomic mass is 10.1. The Morgan fingerprint density at radius 3 is 2.79 bits per heavy atom. The molecule has 7 nitrogen and oxygen atoms in total. The number of benzene rings is 1. The fourth-order valence-electron chi connectivity index (χ4n) is 3.96. The van der Waals surface area contributed by atoms with Crippen LogP contribution in [0.3, 0.4) is 0 Å². The highest BCUT2D eigenvalue weighted by molar-refractivity contribution is 7.33. The lowest BCUT2D eigenvalue weighted by Gasteiger charge is -2.28. The molecule has 2 N–H and O–H groups in total. The van der Waals surface area contributed by atoms with E-state index in [2.05, 4.69) is 30.3 Å². The lowest BCUT2D eigenvalue weighted by Crippen LogP contribution is -2.43. The van der Waals surface area contributed by atoms with Crippen molar-refractivity contribution in [2.75, 3.05) is 13.7 Å². The molecule has 1 aromatic carbocycles. The highest BCUT2D eigenvalue weighted by Gasteiger charge is 2.34. The van der Waals surface area contributed by atoms with E-state index >= 15 is 0 Å². The van der Waals surface area contributed by atoms with Crippen molar-refractivity contribution < 1.29 is 14.3 Å². The summed E-state index contributed by atoms with van der Waals surface area (Å²) in [6.45, 7) is 0.430. The van der Waals surface area contributed by atoms with Crippen LogP contribution in [0.2, 0.25) is 0 Å². The van der Waals surface area contributed by atoms with Crippen molar-refractivity contribution in [3.8, 4) is 10.6 Å². The van der Waals surface area contributed by atoms with E-state index in [9.17, 15) is 9.59 Å². The van der Waals surface area contributed by atoms with Crippen LogP contribution >= 0.6 is 22.7 Å². The summed E-state index contributed by atoms with van der Waals surface area (Å²) in [6.07, 6.45) is 5.12. The molecule has 2 amide bonds. The van der Waals surface area contributed by atoms with E-state index in [4.69, 9.17) is 9.72 Å². The van der Waals surface area contributed by atoms with Crippen molar-refractivity contribution in [1.82, 2.24) is 20.2 Å². The third kappa shape index (κ3) is 4.19. The molecule has 2 atom stereocenters. The van der Waals surface area contributed by atoms with Crippen LogP contribution in [0, 0.1) is 0 Å². The molecule has 0 saturated carbocycles. The van der Waals surface area contributed by atoms with E-state index in [-0.39, 0.29) is 11.9 Å². The van der Waals surface area contributed by atoms with Crippen molar-refractivity contribution >= 4 is 56.7 Å². The first-order chi connectivity index (χ1) is 16.0. The second-order valence-electron chi connectivity index (χ2n) is 7.71. The topological polar surface area (TPSA) is 87.3 Å². The number of ether oxygens (including phenoxy) is 1. The molecule has 5 rings (SSSR count). The van der Waals surface area contributed by atoms with Gasteiger partial charge in [0, 0.05) is 22.1 Å². The van der Waals surface area contributed by atoms with E-state index in [1.807, 2.05) is 48.7 Å². The summed E-state index contributed by atoms with van der Waals surface area (Å²) in [5.74, 6) is 0.455. The SMILES string of the molecule is Bc1cc2sc(-c3c[nH]c([C@@H]4C=CCN4C(=O)C(NC(=O)OC)c4ccccc4)n3)cc2s1. The van der Waals surface area contributed by atoms with Crippen LogP contribution in [0.4, 0.5) is 4.79 Å². The lowest BCUT2D eigenvalue weighted by molar-refractivity contribution is -0.134. The second-order valence-corrected chi connectivity index (χ2v) is 10.1. The van der Waals surface area contributed by atoms with Crippen molar-refractivity contribution in [3.05, 3.63) is 72.2 Å². The maximum Gasteiger partial charge on any atom is 0.407 e. The number of rotatable bonds is 5. The number of thiophene rings is 2. The minimum Gasteiger partial charge on any atom is -0.453 e. The van der Waals surface area contributed by atoms with E-state index < -0.39 is 12.1 Å². The van der Waals surface area contributed by atoms with E-state index in [1.165, 1.54) is 21.3 Å². The molecule has 1 unspecified atom stereocenters. The molecule has 4 aromatic rings. The number of fused-ring (bicyclic) bond motifs is 1. The van der Waals surface area contributed by atoms with Gasteiger partial charge in [-0.15, -0.1) is 11.3 Å². The van der Waals surface area contributed by atoms with Gasteiger partial charge in [0.15, 0.2) is 7.85 Å². The Hall–Kier alpha value is -3.37. The maximum atomic E-state index is 13.5. The Morgan fingerprint density at radius 1 is 1.24 bits per heavy atom. The van der Waals surface area contributed by atoms with Gasteiger partial charge in [0.1, 0.15) is 17.9 Å². The normalized spacial score (nSPS) is 16.3. The van der Waals surface area contributed by atoms with Crippen LogP contribution < -0.4 is 10.1 Å². The Labute approximate surface area is 199 Å². The largest absolute Gasteiger partial charge is 0.453 e. The van der Waals surface area contributed by atoms with Crippen LogP contribution in [0.1, 0.15) is 23.5 Å². The van der Waals surface area contributed by atoms with Crippen LogP contribution in [-0.4, -0.2) is 48.4 Å². The number of hydrogen-bond donors (Lipinski definition) is 2. The van der Waals surface area contributed by atoms with Gasteiger partial charge in [0.25, 0.3) is 5.91 Å². The highest BCUT2D eigenvalue weighted by Crippen LogP contribution is 2.36. The maximum absolute atomic E-state index is 13.5. The summed E-state index contributed by atoms with van der Waals surface area (Å²) in [4.78, 5) is 36.4. The summed E-state index contributed by atoms with van der Waals surface area (Å²) >= 11 is 3.49. The van der Waals surface area contributed by atoms with Gasteiger partial charge in [-0.3, -0.25) is 4.79 Å². The zero-order chi connectivity index (χ0) is 22.9. The van der Waals surface area contributed by atoms with Gasteiger partial charge in [-0.1, -0.05) is 42.5 Å². The molecule has 1 aliphatic heterocycles. The monoisotopic (exact) mass is 476 g/mol. The summed E-state index contributed by atoms with van der Waals surface area (Å²) in [5, 5.41) is 2.67. The first kappa shape index (κ1) is 21.5. The molecule has 0 saturated heterocycles. The van der Waals surface area contributed by atoms with Gasteiger partial charge in [-0.2, -0.15) is 11.3 Å². The number of amides is 2. The number of hydrogen-bond acceptors (Lipinski definition) is 6. The van der Waals surface area contributed by atoms with Gasteiger partial charge in [-0.05, 0) is 22.5 Å². The van der Waals surface area contributed by atoms with Gasteiger partial charge >= 0.3 is 6.09 Å². The minimum atomic E-state index is -0.859. The Morgan fingerprint density at radius 2 is 2.03 bits per heavy atom. The average Bonchev–Trinajstić information content (AvgIpc) is 3.60. The number of imidazole rings is 1. The first-order valence-corrected chi connectivity index (χ1v) is 12.1. The minimum absolute atomic E-state index is 0.230. The number of alkyl carbamates (subject to hydrolysis) is 1. The molecule has 0 spiro atoms. The molecule has 10 heteroatoms. The zero-order valence-electron chi connectivity index (χ0n) is 18.1. The molecular formula is C23H21BN4O3S2. The van der Waals surface area contributed by atoms with Gasteiger partial charge < -0.3 is 19.9 Å². The summed E-state index contributed by atoms with van der Waals surface area (Å²) in [7, 11) is 3.39. The molecule has 0 aliphatic carbocycles. The fraction of sp³-hybridized carbons (Fsp3) is 0.174.